The van der Waals surface area contributed by atoms with E-state index in [4.69, 9.17) is 9.47 Å². The van der Waals surface area contributed by atoms with Crippen LogP contribution in [0.1, 0.15) is 46.0 Å². The highest BCUT2D eigenvalue weighted by molar-refractivity contribution is 5.42. The molecule has 0 spiro atoms. The molecular formula is C18H31NO2. The minimum atomic E-state index is 0.341. The Kier molecular flexibility index (Phi) is 10.8. The van der Waals surface area contributed by atoms with Crippen LogP contribution in [0.3, 0.4) is 0 Å². The van der Waals surface area contributed by atoms with Crippen molar-refractivity contribution in [3.8, 4) is 0 Å². The molecule has 3 heteroatoms. The predicted molar refractivity (Wildman–Crippen MR) is 89.9 cm³/mol. The molecule has 0 saturated heterocycles. The maximum absolute atomic E-state index is 5.96. The fourth-order valence-electron chi connectivity index (χ4n) is 2.28. The maximum atomic E-state index is 5.96. The summed E-state index contributed by atoms with van der Waals surface area (Å²) in [4.78, 5) is 0. The van der Waals surface area contributed by atoms with E-state index >= 15 is 0 Å². The number of nitrogens with one attached hydrogen (secondary N) is 1. The second kappa shape index (κ2) is 12.7. The van der Waals surface area contributed by atoms with Gasteiger partial charge in [0.25, 0.3) is 0 Å². The number of hydrogen-bond donors (Lipinski definition) is 1. The molecule has 21 heavy (non-hydrogen) atoms. The molecule has 0 radical (unpaired) electrons. The van der Waals surface area contributed by atoms with Gasteiger partial charge in [0.1, 0.15) is 0 Å². The summed E-state index contributed by atoms with van der Waals surface area (Å²) in [6.45, 7) is 7.38. The van der Waals surface area contributed by atoms with Gasteiger partial charge in [-0.3, -0.25) is 0 Å². The van der Waals surface area contributed by atoms with E-state index in [1.807, 2.05) is 13.0 Å². The first-order valence-corrected chi connectivity index (χ1v) is 8.35. The molecule has 0 heterocycles. The molecule has 1 unspecified atom stereocenters. The highest BCUT2D eigenvalue weighted by atomic mass is 16.5. The van der Waals surface area contributed by atoms with Crippen molar-refractivity contribution in [3.63, 3.8) is 0 Å². The van der Waals surface area contributed by atoms with E-state index in [0.717, 1.165) is 26.0 Å². The minimum absolute atomic E-state index is 0.341. The Bertz CT molecular complexity index is 329. The quantitative estimate of drug-likeness (QED) is 0.544. The fourth-order valence-corrected chi connectivity index (χ4v) is 2.28. The van der Waals surface area contributed by atoms with Crippen LogP contribution in [-0.2, 0) is 9.47 Å². The molecule has 0 saturated carbocycles. The van der Waals surface area contributed by atoms with Gasteiger partial charge in [0, 0.05) is 18.8 Å². The van der Waals surface area contributed by atoms with Gasteiger partial charge < -0.3 is 14.8 Å². The van der Waals surface area contributed by atoms with Crippen molar-refractivity contribution >= 4 is 5.69 Å². The summed E-state index contributed by atoms with van der Waals surface area (Å²) in [5, 5.41) is 3.46. The molecule has 0 bridgehead atoms. The second-order valence-corrected chi connectivity index (χ2v) is 5.27. The summed E-state index contributed by atoms with van der Waals surface area (Å²) in [5.41, 5.74) is 1.18. The molecule has 120 valence electrons. The van der Waals surface area contributed by atoms with Gasteiger partial charge in [-0.1, -0.05) is 44.4 Å². The lowest BCUT2D eigenvalue weighted by Gasteiger charge is -2.18. The lowest BCUT2D eigenvalue weighted by Crippen LogP contribution is -2.20. The van der Waals surface area contributed by atoms with Crippen molar-refractivity contribution in [2.75, 3.05) is 31.7 Å². The Labute approximate surface area is 130 Å². The summed E-state index contributed by atoms with van der Waals surface area (Å²) in [6.07, 6.45) is 6.33. The van der Waals surface area contributed by atoms with Crippen molar-refractivity contribution in [2.45, 2.75) is 52.1 Å². The Hall–Kier alpha value is -1.06. The number of unbranched alkanes of at least 4 members (excludes halogenated alkanes) is 2. The van der Waals surface area contributed by atoms with E-state index in [1.165, 1.54) is 24.9 Å². The molecule has 1 atom stereocenters. The van der Waals surface area contributed by atoms with E-state index in [-0.39, 0.29) is 0 Å². The zero-order valence-electron chi connectivity index (χ0n) is 13.6. The zero-order chi connectivity index (χ0) is 15.2. The van der Waals surface area contributed by atoms with Crippen LogP contribution in [-0.4, -0.2) is 32.5 Å². The van der Waals surface area contributed by atoms with Crippen molar-refractivity contribution in [1.82, 2.24) is 0 Å². The standard InChI is InChI=1S/C18H31NO2/c1-3-5-7-12-18(21-16-15-20-4-2)13-14-19-17-10-8-6-9-11-17/h6,8-11,18-19H,3-5,7,12-16H2,1-2H3. The number of para-hydroxylation sites is 1. The fraction of sp³-hybridized carbons (Fsp3) is 0.667. The van der Waals surface area contributed by atoms with Gasteiger partial charge in [0.05, 0.1) is 19.3 Å². The molecule has 0 aliphatic heterocycles. The summed E-state index contributed by atoms with van der Waals surface area (Å²) < 4.78 is 11.3. The van der Waals surface area contributed by atoms with Crippen LogP contribution in [0.2, 0.25) is 0 Å². The third kappa shape index (κ3) is 9.48. The van der Waals surface area contributed by atoms with Crippen LogP contribution in [0.5, 0.6) is 0 Å². The van der Waals surface area contributed by atoms with Crippen molar-refractivity contribution in [1.29, 1.82) is 0 Å². The Balaban J connectivity index is 2.22. The average Bonchev–Trinajstić information content (AvgIpc) is 2.52. The molecule has 3 nitrogen and oxygen atoms in total. The van der Waals surface area contributed by atoms with E-state index in [2.05, 4.69) is 36.5 Å². The zero-order valence-corrected chi connectivity index (χ0v) is 13.6. The van der Waals surface area contributed by atoms with Gasteiger partial charge >= 0.3 is 0 Å². The molecule has 1 N–H and O–H groups in total. The van der Waals surface area contributed by atoms with Gasteiger partial charge in [-0.25, -0.2) is 0 Å². The number of rotatable bonds is 13. The molecule has 0 aliphatic rings. The van der Waals surface area contributed by atoms with Crippen molar-refractivity contribution in [2.24, 2.45) is 0 Å². The van der Waals surface area contributed by atoms with Crippen LogP contribution in [0, 0.1) is 0 Å². The Morgan fingerprint density at radius 1 is 1.00 bits per heavy atom. The van der Waals surface area contributed by atoms with Crippen LogP contribution in [0.15, 0.2) is 30.3 Å². The highest BCUT2D eigenvalue weighted by Gasteiger charge is 2.08. The smallest absolute Gasteiger partial charge is 0.0704 e. The number of anilines is 1. The first kappa shape index (κ1) is 18.0. The first-order valence-electron chi connectivity index (χ1n) is 8.35. The molecule has 1 rings (SSSR count). The van der Waals surface area contributed by atoms with Crippen LogP contribution < -0.4 is 5.32 Å². The number of hydrogen-bond acceptors (Lipinski definition) is 3. The van der Waals surface area contributed by atoms with Gasteiger partial charge in [-0.05, 0) is 31.9 Å². The lowest BCUT2D eigenvalue weighted by atomic mass is 10.1. The first-order chi connectivity index (χ1) is 10.4. The number of ether oxygens (including phenoxy) is 2. The van der Waals surface area contributed by atoms with Gasteiger partial charge in [-0.15, -0.1) is 0 Å². The van der Waals surface area contributed by atoms with E-state index in [9.17, 15) is 0 Å². The normalized spacial score (nSPS) is 12.3. The highest BCUT2D eigenvalue weighted by Crippen LogP contribution is 2.12. The maximum Gasteiger partial charge on any atom is 0.0704 e. The van der Waals surface area contributed by atoms with Crippen molar-refractivity contribution < 1.29 is 9.47 Å². The largest absolute Gasteiger partial charge is 0.385 e. The summed E-state index contributed by atoms with van der Waals surface area (Å²) in [5.74, 6) is 0. The third-order valence-electron chi connectivity index (χ3n) is 3.48. The summed E-state index contributed by atoms with van der Waals surface area (Å²) in [7, 11) is 0. The monoisotopic (exact) mass is 293 g/mol. The lowest BCUT2D eigenvalue weighted by molar-refractivity contribution is 0.000932. The Morgan fingerprint density at radius 3 is 2.52 bits per heavy atom. The molecule has 0 aliphatic carbocycles. The van der Waals surface area contributed by atoms with Gasteiger partial charge in [-0.2, -0.15) is 0 Å². The second-order valence-electron chi connectivity index (χ2n) is 5.27. The number of benzene rings is 1. The average molecular weight is 293 g/mol. The summed E-state index contributed by atoms with van der Waals surface area (Å²) >= 11 is 0. The topological polar surface area (TPSA) is 30.5 Å². The van der Waals surface area contributed by atoms with Crippen LogP contribution in [0.25, 0.3) is 0 Å². The Morgan fingerprint density at radius 2 is 1.81 bits per heavy atom. The van der Waals surface area contributed by atoms with E-state index in [1.54, 1.807) is 0 Å². The summed E-state index contributed by atoms with van der Waals surface area (Å²) in [6, 6.07) is 10.3. The van der Waals surface area contributed by atoms with Gasteiger partial charge in [0.2, 0.25) is 0 Å². The minimum Gasteiger partial charge on any atom is -0.385 e. The third-order valence-corrected chi connectivity index (χ3v) is 3.48. The van der Waals surface area contributed by atoms with E-state index in [0.29, 0.717) is 19.3 Å². The molecular weight excluding hydrogens is 262 g/mol. The predicted octanol–water partition coefficient (Wildman–Crippen LogP) is 4.49. The van der Waals surface area contributed by atoms with Gasteiger partial charge in [0.15, 0.2) is 0 Å². The SMILES string of the molecule is CCCCCC(CCNc1ccccc1)OCCOCC. The van der Waals surface area contributed by atoms with Crippen LogP contribution in [0.4, 0.5) is 5.69 Å². The molecule has 0 aromatic heterocycles. The molecule has 1 aromatic rings. The molecule has 1 aromatic carbocycles. The van der Waals surface area contributed by atoms with Crippen LogP contribution >= 0.6 is 0 Å². The molecule has 0 fully saturated rings. The molecule has 0 amide bonds. The van der Waals surface area contributed by atoms with Crippen molar-refractivity contribution in [3.05, 3.63) is 30.3 Å². The van der Waals surface area contributed by atoms with E-state index < -0.39 is 0 Å².